The summed E-state index contributed by atoms with van der Waals surface area (Å²) >= 11 is 0. The van der Waals surface area contributed by atoms with Crippen molar-refractivity contribution < 1.29 is 13.9 Å². The van der Waals surface area contributed by atoms with Crippen LogP contribution >= 0.6 is 0 Å². The van der Waals surface area contributed by atoms with Crippen LogP contribution in [-0.4, -0.2) is 48.3 Å². The van der Waals surface area contributed by atoms with Gasteiger partial charge in [-0.3, -0.25) is 4.90 Å². The zero-order valence-electron chi connectivity index (χ0n) is 14.7. The van der Waals surface area contributed by atoms with Crippen LogP contribution in [0.15, 0.2) is 36.7 Å². The number of ether oxygens (including phenoxy) is 2. The van der Waals surface area contributed by atoms with Crippen molar-refractivity contribution in [2.24, 2.45) is 5.92 Å². The number of nitrogens with zero attached hydrogens (tertiary/aromatic N) is 3. The molecule has 0 amide bonds. The van der Waals surface area contributed by atoms with Gasteiger partial charge in [0, 0.05) is 50.6 Å². The number of likely N-dealkylation sites (tertiary alicyclic amines) is 1. The second-order valence-corrected chi connectivity index (χ2v) is 6.43. The topological polar surface area (TPSA) is 47.5 Å². The van der Waals surface area contributed by atoms with Gasteiger partial charge in [0.2, 0.25) is 0 Å². The van der Waals surface area contributed by atoms with Crippen LogP contribution in [0.3, 0.4) is 0 Å². The van der Waals surface area contributed by atoms with Crippen LogP contribution in [0.5, 0.6) is 6.01 Å². The van der Waals surface area contributed by atoms with Gasteiger partial charge in [-0.15, -0.1) is 0 Å². The lowest BCUT2D eigenvalue weighted by molar-refractivity contribution is -0.00878. The minimum Gasteiger partial charge on any atom is -0.467 e. The number of piperidine rings is 1. The molecule has 1 aromatic carbocycles. The summed E-state index contributed by atoms with van der Waals surface area (Å²) in [5.41, 5.74) is 1.80. The summed E-state index contributed by atoms with van der Waals surface area (Å²) in [5.74, 6) is 0.118. The van der Waals surface area contributed by atoms with Crippen LogP contribution in [-0.2, 0) is 17.7 Å². The van der Waals surface area contributed by atoms with E-state index in [1.165, 1.54) is 6.07 Å². The van der Waals surface area contributed by atoms with Crippen molar-refractivity contribution in [2.45, 2.75) is 25.5 Å². The molecule has 2 heterocycles. The van der Waals surface area contributed by atoms with Crippen LogP contribution in [0, 0.1) is 11.7 Å². The Morgan fingerprint density at radius 3 is 2.64 bits per heavy atom. The van der Waals surface area contributed by atoms with Crippen molar-refractivity contribution in [2.75, 3.05) is 27.3 Å². The molecule has 0 bridgehead atoms. The number of hydrogen-bond donors (Lipinski definition) is 0. The van der Waals surface area contributed by atoms with E-state index in [9.17, 15) is 4.39 Å². The maximum Gasteiger partial charge on any atom is 0.316 e. The molecule has 2 atom stereocenters. The van der Waals surface area contributed by atoms with Gasteiger partial charge >= 0.3 is 6.01 Å². The Morgan fingerprint density at radius 1 is 1.20 bits per heavy atom. The second kappa shape index (κ2) is 8.36. The largest absolute Gasteiger partial charge is 0.467 e. The molecule has 0 spiro atoms. The van der Waals surface area contributed by atoms with Gasteiger partial charge in [-0.2, -0.15) is 0 Å². The van der Waals surface area contributed by atoms with E-state index in [1.54, 1.807) is 32.7 Å². The Labute approximate surface area is 147 Å². The molecule has 1 aliphatic rings. The molecule has 1 aromatic heterocycles. The Kier molecular flexibility index (Phi) is 5.94. The van der Waals surface area contributed by atoms with Crippen molar-refractivity contribution in [3.8, 4) is 6.01 Å². The highest BCUT2D eigenvalue weighted by atomic mass is 19.1. The quantitative estimate of drug-likeness (QED) is 0.806. The van der Waals surface area contributed by atoms with E-state index < -0.39 is 0 Å². The molecule has 6 heteroatoms. The molecular weight excluding hydrogens is 321 g/mol. The van der Waals surface area contributed by atoms with Crippen molar-refractivity contribution >= 4 is 0 Å². The van der Waals surface area contributed by atoms with Gasteiger partial charge < -0.3 is 9.47 Å². The summed E-state index contributed by atoms with van der Waals surface area (Å²) in [6.07, 6.45) is 5.36. The first-order chi connectivity index (χ1) is 12.2. The smallest absolute Gasteiger partial charge is 0.316 e. The molecule has 3 rings (SSSR count). The number of benzene rings is 1. The van der Waals surface area contributed by atoms with Gasteiger partial charge in [0.25, 0.3) is 0 Å². The molecule has 1 saturated heterocycles. The van der Waals surface area contributed by atoms with Crippen LogP contribution in [0.25, 0.3) is 0 Å². The molecule has 0 unspecified atom stereocenters. The monoisotopic (exact) mass is 345 g/mol. The number of methoxy groups -OCH3 is 2. The van der Waals surface area contributed by atoms with Crippen molar-refractivity contribution in [3.05, 3.63) is 53.6 Å². The van der Waals surface area contributed by atoms with E-state index in [4.69, 9.17) is 9.47 Å². The van der Waals surface area contributed by atoms with Crippen LogP contribution in [0.1, 0.15) is 17.5 Å². The van der Waals surface area contributed by atoms with Gasteiger partial charge in [0.1, 0.15) is 5.82 Å². The molecule has 0 aliphatic carbocycles. The van der Waals surface area contributed by atoms with Gasteiger partial charge in [0.15, 0.2) is 0 Å². The van der Waals surface area contributed by atoms with Gasteiger partial charge in [-0.1, -0.05) is 18.2 Å². The highest BCUT2D eigenvalue weighted by Crippen LogP contribution is 2.25. The molecule has 1 fully saturated rings. The van der Waals surface area contributed by atoms with E-state index in [1.807, 2.05) is 12.1 Å². The normalized spacial score (nSPS) is 21.2. The van der Waals surface area contributed by atoms with E-state index in [0.717, 1.165) is 37.2 Å². The Bertz CT molecular complexity index is 681. The van der Waals surface area contributed by atoms with E-state index >= 15 is 0 Å². The third kappa shape index (κ3) is 4.52. The van der Waals surface area contributed by atoms with Gasteiger partial charge in [-0.25, -0.2) is 14.4 Å². The first kappa shape index (κ1) is 17.8. The number of aromatic nitrogens is 2. The highest BCUT2D eigenvalue weighted by Gasteiger charge is 2.30. The lowest BCUT2D eigenvalue weighted by Gasteiger charge is -2.38. The average Bonchev–Trinajstić information content (AvgIpc) is 2.64. The summed E-state index contributed by atoms with van der Waals surface area (Å²) in [4.78, 5) is 10.7. The lowest BCUT2D eigenvalue weighted by atomic mass is 9.88. The fourth-order valence-corrected chi connectivity index (χ4v) is 3.47. The molecular formula is C19H24FN3O2. The average molecular weight is 345 g/mol. The molecule has 0 N–H and O–H groups in total. The van der Waals surface area contributed by atoms with Gasteiger partial charge in [-0.05, 0) is 24.5 Å². The minimum atomic E-state index is -0.141. The lowest BCUT2D eigenvalue weighted by Crippen LogP contribution is -2.44. The van der Waals surface area contributed by atoms with Crippen molar-refractivity contribution in [3.63, 3.8) is 0 Å². The Balaban J connectivity index is 1.66. The SMILES string of the molecule is COc1ncc(CN2CC[C@H](OC)[C@H](Cc3ccccc3F)C2)cn1. The number of rotatable bonds is 6. The number of hydrogen-bond acceptors (Lipinski definition) is 5. The summed E-state index contributed by atoms with van der Waals surface area (Å²) in [6.45, 7) is 2.57. The summed E-state index contributed by atoms with van der Waals surface area (Å²) in [5, 5.41) is 0. The van der Waals surface area contributed by atoms with E-state index in [0.29, 0.717) is 12.4 Å². The Morgan fingerprint density at radius 2 is 1.96 bits per heavy atom. The maximum atomic E-state index is 14.0. The molecule has 134 valence electrons. The number of halogens is 1. The molecule has 0 radical (unpaired) electrons. The zero-order chi connectivity index (χ0) is 17.6. The van der Waals surface area contributed by atoms with Gasteiger partial charge in [0.05, 0.1) is 13.2 Å². The fraction of sp³-hybridized carbons (Fsp3) is 0.474. The van der Waals surface area contributed by atoms with Crippen LogP contribution in [0.2, 0.25) is 0 Å². The fourth-order valence-electron chi connectivity index (χ4n) is 3.47. The van der Waals surface area contributed by atoms with Crippen molar-refractivity contribution in [1.29, 1.82) is 0 Å². The molecule has 1 aliphatic heterocycles. The third-order valence-corrected chi connectivity index (χ3v) is 4.76. The predicted molar refractivity (Wildman–Crippen MR) is 92.9 cm³/mol. The molecule has 25 heavy (non-hydrogen) atoms. The summed E-state index contributed by atoms with van der Waals surface area (Å²) in [6, 6.07) is 7.36. The predicted octanol–water partition coefficient (Wildman–Crippen LogP) is 2.70. The third-order valence-electron chi connectivity index (χ3n) is 4.76. The second-order valence-electron chi connectivity index (χ2n) is 6.43. The molecule has 5 nitrogen and oxygen atoms in total. The Hall–Kier alpha value is -2.05. The van der Waals surface area contributed by atoms with Crippen LogP contribution in [0.4, 0.5) is 4.39 Å². The van der Waals surface area contributed by atoms with E-state index in [-0.39, 0.29) is 17.8 Å². The first-order valence-corrected chi connectivity index (χ1v) is 8.53. The standard InChI is InChI=1S/C19H24FN3O2/c1-24-18-7-8-23(12-14-10-21-19(25-2)22-11-14)13-16(18)9-15-5-3-4-6-17(15)20/h3-6,10-11,16,18H,7-9,12-13H2,1-2H3/t16-,18+/m1/s1. The summed E-state index contributed by atoms with van der Waals surface area (Å²) < 4.78 is 24.7. The zero-order valence-corrected chi connectivity index (χ0v) is 14.7. The highest BCUT2D eigenvalue weighted by molar-refractivity contribution is 5.18. The maximum absolute atomic E-state index is 14.0. The van der Waals surface area contributed by atoms with Crippen molar-refractivity contribution in [1.82, 2.24) is 14.9 Å². The minimum absolute atomic E-state index is 0.141. The first-order valence-electron chi connectivity index (χ1n) is 8.53. The molecule has 0 saturated carbocycles. The molecule has 2 aromatic rings. The van der Waals surface area contributed by atoms with E-state index in [2.05, 4.69) is 14.9 Å². The summed E-state index contributed by atoms with van der Waals surface area (Å²) in [7, 11) is 3.30. The van der Waals surface area contributed by atoms with Crippen LogP contribution < -0.4 is 4.74 Å².